The molecule has 0 radical (unpaired) electrons. The summed E-state index contributed by atoms with van der Waals surface area (Å²) >= 11 is 0. The van der Waals surface area contributed by atoms with Crippen molar-refractivity contribution in [2.24, 2.45) is 0 Å². The van der Waals surface area contributed by atoms with Gasteiger partial charge < -0.3 is 15.4 Å². The molecule has 2 heterocycles. The molecule has 0 unspecified atom stereocenters. The van der Waals surface area contributed by atoms with E-state index in [0.717, 1.165) is 19.5 Å². The van der Waals surface area contributed by atoms with Gasteiger partial charge in [0, 0.05) is 12.6 Å². The molecule has 116 valence electrons. The second kappa shape index (κ2) is 7.24. The summed E-state index contributed by atoms with van der Waals surface area (Å²) in [6.45, 7) is 3.51. The second-order valence-corrected chi connectivity index (χ2v) is 4.95. The highest BCUT2D eigenvalue weighted by atomic mass is 35.5. The van der Waals surface area contributed by atoms with E-state index in [0.29, 0.717) is 21.5 Å². The Balaban J connectivity index is 0.00000220. The molecule has 8 heteroatoms. The average molecular weight is 314 g/mol. The fourth-order valence-corrected chi connectivity index (χ4v) is 2.06. The zero-order valence-corrected chi connectivity index (χ0v) is 13.1. The van der Waals surface area contributed by atoms with Crippen LogP contribution in [-0.4, -0.2) is 52.0 Å². The monoisotopic (exact) mass is 313 g/mol. The lowest BCUT2D eigenvalue weighted by atomic mass is 10.2. The number of nitrogens with zero attached hydrogens (tertiary/aromatic N) is 4. The molecule has 0 aliphatic heterocycles. The van der Waals surface area contributed by atoms with Crippen molar-refractivity contribution in [1.82, 2.24) is 19.6 Å². The van der Waals surface area contributed by atoms with Crippen LogP contribution in [0.1, 0.15) is 12.1 Å². The third-order valence-corrected chi connectivity index (χ3v) is 3.06. The van der Waals surface area contributed by atoms with Gasteiger partial charge in [-0.1, -0.05) is 0 Å². The van der Waals surface area contributed by atoms with Gasteiger partial charge in [0.25, 0.3) is 5.56 Å². The van der Waals surface area contributed by atoms with Crippen LogP contribution in [0.2, 0.25) is 0 Å². The van der Waals surface area contributed by atoms with Crippen molar-refractivity contribution in [3.05, 3.63) is 28.4 Å². The van der Waals surface area contributed by atoms with Crippen LogP contribution in [0.4, 0.5) is 5.69 Å². The van der Waals surface area contributed by atoms with E-state index in [9.17, 15) is 10.0 Å². The molecule has 0 spiro atoms. The van der Waals surface area contributed by atoms with Crippen molar-refractivity contribution in [2.75, 3.05) is 32.5 Å². The SMILES string of the molecule is Cc1ncnc2c1c(NCCCN(C)C)cc(=O)n2O.Cl. The topological polar surface area (TPSA) is 83.3 Å². The van der Waals surface area contributed by atoms with Crippen LogP contribution in [0.25, 0.3) is 11.0 Å². The van der Waals surface area contributed by atoms with E-state index in [2.05, 4.69) is 20.2 Å². The van der Waals surface area contributed by atoms with Crippen LogP contribution in [0.3, 0.4) is 0 Å². The molecule has 2 N–H and O–H groups in total. The molecule has 0 bridgehead atoms. The lowest BCUT2D eigenvalue weighted by Crippen LogP contribution is -2.21. The highest BCUT2D eigenvalue weighted by molar-refractivity contribution is 5.90. The van der Waals surface area contributed by atoms with Crippen LogP contribution in [-0.2, 0) is 0 Å². The number of anilines is 1. The first kappa shape index (κ1) is 17.2. The lowest BCUT2D eigenvalue weighted by Gasteiger charge is -2.13. The number of fused-ring (bicyclic) bond motifs is 1. The van der Waals surface area contributed by atoms with E-state index >= 15 is 0 Å². The van der Waals surface area contributed by atoms with Gasteiger partial charge >= 0.3 is 0 Å². The predicted octanol–water partition coefficient (Wildman–Crippen LogP) is 1.12. The minimum Gasteiger partial charge on any atom is -0.423 e. The molecule has 0 amide bonds. The Hall–Kier alpha value is -1.86. The second-order valence-electron chi connectivity index (χ2n) is 4.95. The maximum atomic E-state index is 11.7. The van der Waals surface area contributed by atoms with Gasteiger partial charge in [-0.15, -0.1) is 17.1 Å². The van der Waals surface area contributed by atoms with E-state index in [1.54, 1.807) is 0 Å². The quantitative estimate of drug-likeness (QED) is 0.636. The fraction of sp³-hybridized carbons (Fsp3) is 0.462. The number of nitrogens with one attached hydrogen (secondary N) is 1. The van der Waals surface area contributed by atoms with Crippen molar-refractivity contribution < 1.29 is 5.21 Å². The third-order valence-electron chi connectivity index (χ3n) is 3.06. The van der Waals surface area contributed by atoms with E-state index in [4.69, 9.17) is 0 Å². The highest BCUT2D eigenvalue weighted by Crippen LogP contribution is 2.21. The minimum atomic E-state index is -0.509. The van der Waals surface area contributed by atoms with Crippen LogP contribution in [0, 0.1) is 6.92 Å². The van der Waals surface area contributed by atoms with E-state index < -0.39 is 5.56 Å². The Kier molecular flexibility index (Phi) is 5.92. The molecule has 2 rings (SSSR count). The Morgan fingerprint density at radius 1 is 1.38 bits per heavy atom. The summed E-state index contributed by atoms with van der Waals surface area (Å²) < 4.78 is 0.551. The number of halogens is 1. The van der Waals surface area contributed by atoms with Gasteiger partial charge in [-0.25, -0.2) is 9.97 Å². The minimum absolute atomic E-state index is 0. The van der Waals surface area contributed by atoms with Gasteiger partial charge in [-0.3, -0.25) is 4.79 Å². The molecule has 0 saturated heterocycles. The van der Waals surface area contributed by atoms with E-state index in [1.807, 2.05) is 21.0 Å². The van der Waals surface area contributed by atoms with Crippen LogP contribution in [0.5, 0.6) is 0 Å². The number of aromatic nitrogens is 3. The number of pyridine rings is 1. The summed E-state index contributed by atoms with van der Waals surface area (Å²) in [6, 6.07) is 1.37. The molecular formula is C13H20ClN5O2. The molecule has 0 aliphatic carbocycles. The van der Waals surface area contributed by atoms with E-state index in [-0.39, 0.29) is 18.1 Å². The highest BCUT2D eigenvalue weighted by Gasteiger charge is 2.11. The average Bonchev–Trinajstić information content (AvgIpc) is 2.40. The molecule has 2 aromatic heterocycles. The van der Waals surface area contributed by atoms with Gasteiger partial charge in [-0.05, 0) is 34.0 Å². The lowest BCUT2D eigenvalue weighted by molar-refractivity contribution is 0.186. The maximum Gasteiger partial charge on any atom is 0.286 e. The summed E-state index contributed by atoms with van der Waals surface area (Å²) in [7, 11) is 4.03. The molecule has 7 nitrogen and oxygen atoms in total. The van der Waals surface area contributed by atoms with Crippen molar-refractivity contribution in [1.29, 1.82) is 0 Å². The number of aryl methyl sites for hydroxylation is 1. The molecule has 0 atom stereocenters. The molecule has 21 heavy (non-hydrogen) atoms. The normalized spacial score (nSPS) is 10.7. The Morgan fingerprint density at radius 3 is 2.76 bits per heavy atom. The largest absolute Gasteiger partial charge is 0.423 e. The molecule has 0 aliphatic rings. The molecular weight excluding hydrogens is 294 g/mol. The Bertz CT molecular complexity index is 671. The standard InChI is InChI=1S/C13H19N5O2.ClH/c1-9-12-10(14-5-4-6-17(2)3)7-11(19)18(20)13(12)16-8-15-9;/h7-8,14,20H,4-6H2,1-3H3;1H. The van der Waals surface area contributed by atoms with Gasteiger partial charge in [0.05, 0.1) is 16.8 Å². The first-order chi connectivity index (χ1) is 9.50. The number of hydrogen-bond donors (Lipinski definition) is 2. The van der Waals surface area contributed by atoms with Crippen molar-refractivity contribution >= 4 is 29.1 Å². The summed E-state index contributed by atoms with van der Waals surface area (Å²) in [5.41, 5.74) is 1.09. The summed E-state index contributed by atoms with van der Waals surface area (Å²) in [5, 5.41) is 13.6. The zero-order chi connectivity index (χ0) is 14.7. The molecule has 2 aromatic rings. The Labute approximate surface area is 129 Å². The number of rotatable bonds is 5. The van der Waals surface area contributed by atoms with Gasteiger partial charge in [0.1, 0.15) is 6.33 Å². The zero-order valence-electron chi connectivity index (χ0n) is 12.3. The molecule has 0 saturated carbocycles. The van der Waals surface area contributed by atoms with Crippen molar-refractivity contribution in [3.8, 4) is 0 Å². The maximum absolute atomic E-state index is 11.7. The van der Waals surface area contributed by atoms with Gasteiger partial charge in [-0.2, -0.15) is 0 Å². The first-order valence-corrected chi connectivity index (χ1v) is 6.46. The predicted molar refractivity (Wildman–Crippen MR) is 84.6 cm³/mol. The molecule has 0 aromatic carbocycles. The Morgan fingerprint density at radius 2 is 2.10 bits per heavy atom. The van der Waals surface area contributed by atoms with Gasteiger partial charge in [0.2, 0.25) is 0 Å². The third kappa shape index (κ3) is 3.83. The molecule has 0 fully saturated rings. The van der Waals surface area contributed by atoms with Crippen LogP contribution < -0.4 is 10.9 Å². The van der Waals surface area contributed by atoms with Crippen molar-refractivity contribution in [3.63, 3.8) is 0 Å². The number of hydrogen-bond acceptors (Lipinski definition) is 6. The summed E-state index contributed by atoms with van der Waals surface area (Å²) in [5.74, 6) is 0. The fourth-order valence-electron chi connectivity index (χ4n) is 2.06. The van der Waals surface area contributed by atoms with Crippen LogP contribution in [0.15, 0.2) is 17.2 Å². The van der Waals surface area contributed by atoms with Crippen molar-refractivity contribution in [2.45, 2.75) is 13.3 Å². The summed E-state index contributed by atoms with van der Waals surface area (Å²) in [4.78, 5) is 21.9. The van der Waals surface area contributed by atoms with E-state index in [1.165, 1.54) is 12.4 Å². The smallest absolute Gasteiger partial charge is 0.286 e. The summed E-state index contributed by atoms with van der Waals surface area (Å²) in [6.07, 6.45) is 2.28. The first-order valence-electron chi connectivity index (χ1n) is 6.46. The van der Waals surface area contributed by atoms with Gasteiger partial charge in [0.15, 0.2) is 5.65 Å². The van der Waals surface area contributed by atoms with Crippen LogP contribution >= 0.6 is 12.4 Å².